The van der Waals surface area contributed by atoms with Gasteiger partial charge in [-0.15, -0.1) is 0 Å². The van der Waals surface area contributed by atoms with Crippen LogP contribution in [0.3, 0.4) is 0 Å². The highest BCUT2D eigenvalue weighted by Crippen LogP contribution is 2.35. The van der Waals surface area contributed by atoms with Crippen LogP contribution in [0.1, 0.15) is 44.9 Å². The molecule has 2 saturated carbocycles. The summed E-state index contributed by atoms with van der Waals surface area (Å²) >= 11 is 0. The molecule has 3 heteroatoms. The Kier molecular flexibility index (Phi) is 3.05. The van der Waals surface area contributed by atoms with Crippen molar-refractivity contribution in [3.63, 3.8) is 0 Å². The molecule has 0 radical (unpaired) electrons. The van der Waals surface area contributed by atoms with Gasteiger partial charge in [0.25, 0.3) is 0 Å². The maximum absolute atomic E-state index is 12.9. The molecular formula is C11H19F2N. The molecule has 2 rings (SSSR count). The van der Waals surface area contributed by atoms with Crippen molar-refractivity contribution in [2.24, 2.45) is 5.92 Å². The zero-order valence-electron chi connectivity index (χ0n) is 8.57. The third kappa shape index (κ3) is 2.66. The third-order valence-corrected chi connectivity index (χ3v) is 3.57. The van der Waals surface area contributed by atoms with Crippen LogP contribution in [-0.4, -0.2) is 18.5 Å². The van der Waals surface area contributed by atoms with Gasteiger partial charge in [-0.1, -0.05) is 12.8 Å². The Morgan fingerprint density at radius 2 is 1.86 bits per heavy atom. The monoisotopic (exact) mass is 203 g/mol. The molecule has 0 saturated heterocycles. The van der Waals surface area contributed by atoms with Crippen LogP contribution in [0.2, 0.25) is 0 Å². The summed E-state index contributed by atoms with van der Waals surface area (Å²) in [5, 5.41) is 3.30. The molecule has 14 heavy (non-hydrogen) atoms. The molecule has 0 amide bonds. The molecule has 0 aromatic rings. The van der Waals surface area contributed by atoms with Gasteiger partial charge in [-0.3, -0.25) is 0 Å². The summed E-state index contributed by atoms with van der Waals surface area (Å²) in [6.07, 6.45) is 6.02. The van der Waals surface area contributed by atoms with E-state index in [1.807, 2.05) is 0 Å². The van der Waals surface area contributed by atoms with E-state index >= 15 is 0 Å². The van der Waals surface area contributed by atoms with Gasteiger partial charge in [0, 0.05) is 18.9 Å². The molecule has 2 aliphatic rings. The van der Waals surface area contributed by atoms with E-state index in [1.165, 1.54) is 25.7 Å². The Morgan fingerprint density at radius 1 is 1.14 bits per heavy atom. The Balaban J connectivity index is 1.66. The van der Waals surface area contributed by atoms with E-state index in [0.29, 0.717) is 6.42 Å². The van der Waals surface area contributed by atoms with Gasteiger partial charge in [0.05, 0.1) is 0 Å². The van der Waals surface area contributed by atoms with Gasteiger partial charge in [0.15, 0.2) is 0 Å². The number of alkyl halides is 2. The molecule has 1 atom stereocenters. The van der Waals surface area contributed by atoms with Crippen molar-refractivity contribution in [2.45, 2.75) is 56.9 Å². The normalized spacial score (nSPS) is 32.6. The lowest BCUT2D eigenvalue weighted by molar-refractivity contribution is 0.00683. The number of halogens is 2. The zero-order chi connectivity index (χ0) is 10.0. The predicted octanol–water partition coefficient (Wildman–Crippen LogP) is 2.95. The van der Waals surface area contributed by atoms with Crippen molar-refractivity contribution >= 4 is 0 Å². The lowest BCUT2D eigenvalue weighted by atomic mass is 10.1. The molecule has 1 nitrogen and oxygen atoms in total. The number of nitrogens with one attached hydrogen (secondary N) is 1. The minimum absolute atomic E-state index is 0.0553. The zero-order valence-corrected chi connectivity index (χ0v) is 8.57. The molecule has 0 heterocycles. The molecule has 2 aliphatic carbocycles. The fourth-order valence-electron chi connectivity index (χ4n) is 2.67. The average molecular weight is 203 g/mol. The smallest absolute Gasteiger partial charge is 0.249 e. The lowest BCUT2D eigenvalue weighted by Crippen LogP contribution is -2.31. The lowest BCUT2D eigenvalue weighted by Gasteiger charge is -2.16. The van der Waals surface area contributed by atoms with E-state index in [1.54, 1.807) is 0 Å². The summed E-state index contributed by atoms with van der Waals surface area (Å²) < 4.78 is 25.7. The quantitative estimate of drug-likeness (QED) is 0.743. The molecule has 0 bridgehead atoms. The van der Waals surface area contributed by atoms with E-state index in [2.05, 4.69) is 5.32 Å². The van der Waals surface area contributed by atoms with Gasteiger partial charge in [-0.05, 0) is 31.7 Å². The largest absolute Gasteiger partial charge is 0.313 e. The second kappa shape index (κ2) is 4.13. The first-order chi connectivity index (χ1) is 6.66. The van der Waals surface area contributed by atoms with Crippen LogP contribution in [0.5, 0.6) is 0 Å². The van der Waals surface area contributed by atoms with E-state index in [9.17, 15) is 8.78 Å². The number of hydrogen-bond donors (Lipinski definition) is 1. The molecule has 0 spiro atoms. The summed E-state index contributed by atoms with van der Waals surface area (Å²) in [6, 6.07) is 0.0746. The molecule has 1 N–H and O–H groups in total. The van der Waals surface area contributed by atoms with Crippen LogP contribution < -0.4 is 5.32 Å². The van der Waals surface area contributed by atoms with E-state index in [0.717, 1.165) is 12.5 Å². The fraction of sp³-hybridized carbons (Fsp3) is 1.00. The second-order valence-corrected chi connectivity index (χ2v) is 4.85. The van der Waals surface area contributed by atoms with E-state index < -0.39 is 5.92 Å². The molecule has 0 aliphatic heterocycles. The maximum Gasteiger partial charge on any atom is 0.249 e. The van der Waals surface area contributed by atoms with Crippen molar-refractivity contribution in [3.8, 4) is 0 Å². The average Bonchev–Trinajstić information content (AvgIpc) is 2.70. The summed E-state index contributed by atoms with van der Waals surface area (Å²) in [7, 11) is 0. The van der Waals surface area contributed by atoms with Crippen LogP contribution in [0.25, 0.3) is 0 Å². The minimum atomic E-state index is -2.40. The molecule has 0 aromatic heterocycles. The Hall–Kier alpha value is -0.180. The maximum atomic E-state index is 12.9. The summed E-state index contributed by atoms with van der Waals surface area (Å²) in [5.74, 6) is -1.64. The van der Waals surface area contributed by atoms with Crippen LogP contribution in [0.4, 0.5) is 8.78 Å². The van der Waals surface area contributed by atoms with Gasteiger partial charge >= 0.3 is 0 Å². The minimum Gasteiger partial charge on any atom is -0.313 e. The van der Waals surface area contributed by atoms with Gasteiger partial charge in [-0.25, -0.2) is 8.78 Å². The van der Waals surface area contributed by atoms with Crippen LogP contribution >= 0.6 is 0 Å². The van der Waals surface area contributed by atoms with Gasteiger partial charge < -0.3 is 5.32 Å². The van der Waals surface area contributed by atoms with E-state index in [4.69, 9.17) is 0 Å². The molecule has 2 fully saturated rings. The Morgan fingerprint density at radius 3 is 2.43 bits per heavy atom. The first-order valence-corrected chi connectivity index (χ1v) is 5.77. The van der Waals surface area contributed by atoms with Crippen molar-refractivity contribution in [1.82, 2.24) is 5.32 Å². The SMILES string of the molecule is FC1(F)CCC(NCC2CCCC2)C1. The van der Waals surface area contributed by atoms with Crippen LogP contribution in [0, 0.1) is 5.92 Å². The van der Waals surface area contributed by atoms with E-state index in [-0.39, 0.29) is 18.9 Å². The predicted molar refractivity (Wildman–Crippen MR) is 52.5 cm³/mol. The fourth-order valence-corrected chi connectivity index (χ4v) is 2.67. The highest BCUT2D eigenvalue weighted by molar-refractivity contribution is 4.86. The Labute approximate surface area is 84.3 Å². The highest BCUT2D eigenvalue weighted by atomic mass is 19.3. The molecular weight excluding hydrogens is 184 g/mol. The van der Waals surface area contributed by atoms with Crippen molar-refractivity contribution in [2.75, 3.05) is 6.54 Å². The number of rotatable bonds is 3. The van der Waals surface area contributed by atoms with Crippen LogP contribution in [0.15, 0.2) is 0 Å². The van der Waals surface area contributed by atoms with Gasteiger partial charge in [-0.2, -0.15) is 0 Å². The van der Waals surface area contributed by atoms with Crippen molar-refractivity contribution in [3.05, 3.63) is 0 Å². The van der Waals surface area contributed by atoms with Crippen molar-refractivity contribution < 1.29 is 8.78 Å². The second-order valence-electron chi connectivity index (χ2n) is 4.85. The highest BCUT2D eigenvalue weighted by Gasteiger charge is 2.39. The third-order valence-electron chi connectivity index (χ3n) is 3.57. The molecule has 1 unspecified atom stereocenters. The summed E-state index contributed by atoms with van der Waals surface area (Å²) in [4.78, 5) is 0. The first-order valence-electron chi connectivity index (χ1n) is 5.77. The van der Waals surface area contributed by atoms with Gasteiger partial charge in [0.1, 0.15) is 0 Å². The van der Waals surface area contributed by atoms with Gasteiger partial charge in [0.2, 0.25) is 5.92 Å². The van der Waals surface area contributed by atoms with Crippen LogP contribution in [-0.2, 0) is 0 Å². The summed E-state index contributed by atoms with van der Waals surface area (Å²) in [5.41, 5.74) is 0. The number of hydrogen-bond acceptors (Lipinski definition) is 1. The first kappa shape index (κ1) is 10.3. The molecule has 82 valence electrons. The Bertz CT molecular complexity index is 188. The standard InChI is InChI=1S/C11H19F2N/c12-11(13)6-5-10(7-11)14-8-9-3-1-2-4-9/h9-10,14H,1-8H2. The molecule has 0 aromatic carbocycles. The topological polar surface area (TPSA) is 12.0 Å². The summed E-state index contributed by atoms with van der Waals surface area (Å²) in [6.45, 7) is 0.959. The van der Waals surface area contributed by atoms with Crippen molar-refractivity contribution in [1.29, 1.82) is 0 Å².